The first kappa shape index (κ1) is 11.0. The van der Waals surface area contributed by atoms with Crippen molar-refractivity contribution in [3.05, 3.63) is 16.1 Å². The smallest absolute Gasteiger partial charge is 0.125 e. The highest BCUT2D eigenvalue weighted by atomic mass is 32.1. The van der Waals surface area contributed by atoms with Gasteiger partial charge in [-0.2, -0.15) is 0 Å². The summed E-state index contributed by atoms with van der Waals surface area (Å²) in [5.74, 6) is 0. The number of rotatable bonds is 3. The third-order valence-electron chi connectivity index (χ3n) is 2.79. The summed E-state index contributed by atoms with van der Waals surface area (Å²) in [6.07, 6.45) is 3.39. The van der Waals surface area contributed by atoms with E-state index in [4.69, 9.17) is 14.6 Å². The van der Waals surface area contributed by atoms with Crippen molar-refractivity contribution in [1.29, 1.82) is 0 Å². The highest BCUT2D eigenvalue weighted by Crippen LogP contribution is 2.37. The molecule has 0 radical (unpaired) electrons. The van der Waals surface area contributed by atoms with Crippen LogP contribution in [-0.2, 0) is 21.7 Å². The van der Waals surface area contributed by atoms with Crippen LogP contribution in [0.25, 0.3) is 0 Å². The first-order chi connectivity index (χ1) is 7.30. The van der Waals surface area contributed by atoms with Crippen molar-refractivity contribution in [1.82, 2.24) is 4.98 Å². The first-order valence-electron chi connectivity index (χ1n) is 5.00. The molecule has 1 aromatic heterocycles. The Hall–Kier alpha value is -0.490. The van der Waals surface area contributed by atoms with Crippen molar-refractivity contribution < 1.29 is 14.6 Å². The SMILES string of the molecule is COC1(c2ncc(CO)s2)CCOCC1. The number of aliphatic hydroxyl groups is 1. The lowest BCUT2D eigenvalue weighted by Gasteiger charge is -2.33. The Bertz CT molecular complexity index is 320. The summed E-state index contributed by atoms with van der Waals surface area (Å²) in [5, 5.41) is 9.97. The molecule has 0 unspecified atom stereocenters. The van der Waals surface area contributed by atoms with Gasteiger partial charge in [0.2, 0.25) is 0 Å². The van der Waals surface area contributed by atoms with Crippen molar-refractivity contribution in [2.45, 2.75) is 25.0 Å². The minimum Gasteiger partial charge on any atom is -0.391 e. The summed E-state index contributed by atoms with van der Waals surface area (Å²) >= 11 is 1.52. The summed E-state index contributed by atoms with van der Waals surface area (Å²) < 4.78 is 10.9. The molecule has 5 heteroatoms. The number of aliphatic hydroxyl groups excluding tert-OH is 1. The molecule has 0 bridgehead atoms. The second-order valence-electron chi connectivity index (χ2n) is 3.60. The maximum Gasteiger partial charge on any atom is 0.125 e. The van der Waals surface area contributed by atoms with Crippen LogP contribution in [0.1, 0.15) is 22.7 Å². The fourth-order valence-corrected chi connectivity index (χ4v) is 2.79. The van der Waals surface area contributed by atoms with Crippen molar-refractivity contribution in [3.63, 3.8) is 0 Å². The van der Waals surface area contributed by atoms with Gasteiger partial charge >= 0.3 is 0 Å². The van der Waals surface area contributed by atoms with Gasteiger partial charge in [0.25, 0.3) is 0 Å². The molecule has 0 amide bonds. The maximum atomic E-state index is 9.01. The number of hydrogen-bond donors (Lipinski definition) is 1. The summed E-state index contributed by atoms with van der Waals surface area (Å²) in [6.45, 7) is 1.47. The molecule has 0 aliphatic carbocycles. The van der Waals surface area contributed by atoms with E-state index in [0.29, 0.717) is 13.2 Å². The minimum absolute atomic E-state index is 0.0496. The largest absolute Gasteiger partial charge is 0.391 e. The molecule has 2 heterocycles. The van der Waals surface area contributed by atoms with Gasteiger partial charge in [0, 0.05) is 39.4 Å². The van der Waals surface area contributed by atoms with Gasteiger partial charge in [-0.1, -0.05) is 0 Å². The van der Waals surface area contributed by atoms with Crippen molar-refractivity contribution in [2.24, 2.45) is 0 Å². The zero-order valence-corrected chi connectivity index (χ0v) is 9.55. The number of methoxy groups -OCH3 is 1. The van der Waals surface area contributed by atoms with E-state index < -0.39 is 0 Å². The van der Waals surface area contributed by atoms with Crippen molar-refractivity contribution in [3.8, 4) is 0 Å². The average molecular weight is 229 g/mol. The van der Waals surface area contributed by atoms with Gasteiger partial charge in [0.05, 0.1) is 11.5 Å². The van der Waals surface area contributed by atoms with Crippen LogP contribution in [0.15, 0.2) is 6.20 Å². The molecule has 1 saturated heterocycles. The van der Waals surface area contributed by atoms with Crippen LogP contribution in [0, 0.1) is 0 Å². The molecule has 0 spiro atoms. The monoisotopic (exact) mass is 229 g/mol. The van der Waals surface area contributed by atoms with E-state index in [1.54, 1.807) is 13.3 Å². The molecule has 0 saturated carbocycles. The second kappa shape index (κ2) is 4.57. The van der Waals surface area contributed by atoms with Gasteiger partial charge in [-0.05, 0) is 0 Å². The van der Waals surface area contributed by atoms with Crippen molar-refractivity contribution >= 4 is 11.3 Å². The summed E-state index contributed by atoms with van der Waals surface area (Å²) in [5.41, 5.74) is -0.295. The first-order valence-corrected chi connectivity index (χ1v) is 5.81. The lowest BCUT2D eigenvalue weighted by atomic mass is 9.95. The third kappa shape index (κ3) is 2.06. The van der Waals surface area contributed by atoms with Gasteiger partial charge in [-0.3, -0.25) is 0 Å². The van der Waals surface area contributed by atoms with E-state index in [0.717, 1.165) is 22.7 Å². The topological polar surface area (TPSA) is 51.6 Å². The van der Waals surface area contributed by atoms with E-state index in [-0.39, 0.29) is 12.2 Å². The minimum atomic E-state index is -0.295. The van der Waals surface area contributed by atoms with E-state index in [2.05, 4.69) is 4.98 Å². The zero-order valence-electron chi connectivity index (χ0n) is 8.73. The molecule has 2 rings (SSSR count). The van der Waals surface area contributed by atoms with E-state index in [9.17, 15) is 0 Å². The third-order valence-corrected chi connectivity index (χ3v) is 3.96. The second-order valence-corrected chi connectivity index (χ2v) is 4.72. The van der Waals surface area contributed by atoms with Crippen LogP contribution in [-0.4, -0.2) is 30.4 Å². The Labute approximate surface area is 92.9 Å². The van der Waals surface area contributed by atoms with Gasteiger partial charge in [-0.15, -0.1) is 11.3 Å². The number of nitrogens with zero attached hydrogens (tertiary/aromatic N) is 1. The Morgan fingerprint density at radius 2 is 2.33 bits per heavy atom. The number of ether oxygens (including phenoxy) is 2. The Morgan fingerprint density at radius 1 is 1.60 bits per heavy atom. The molecule has 84 valence electrons. The summed E-state index contributed by atoms with van der Waals surface area (Å²) in [4.78, 5) is 5.21. The van der Waals surface area contributed by atoms with Crippen LogP contribution >= 0.6 is 11.3 Å². The highest BCUT2D eigenvalue weighted by Gasteiger charge is 2.37. The molecular weight excluding hydrogens is 214 g/mol. The van der Waals surface area contributed by atoms with E-state index in [1.165, 1.54) is 11.3 Å². The fraction of sp³-hybridized carbons (Fsp3) is 0.700. The normalized spacial score (nSPS) is 20.4. The number of thiazole rings is 1. The molecule has 1 aliphatic heterocycles. The molecule has 1 N–H and O–H groups in total. The van der Waals surface area contributed by atoms with Gasteiger partial charge < -0.3 is 14.6 Å². The van der Waals surface area contributed by atoms with Crippen LogP contribution in [0.5, 0.6) is 0 Å². The lowest BCUT2D eigenvalue weighted by Crippen LogP contribution is -2.35. The van der Waals surface area contributed by atoms with Crippen LogP contribution in [0.2, 0.25) is 0 Å². The van der Waals surface area contributed by atoms with E-state index in [1.807, 2.05) is 0 Å². The zero-order chi connectivity index (χ0) is 10.7. The molecule has 1 fully saturated rings. The summed E-state index contributed by atoms with van der Waals surface area (Å²) in [7, 11) is 1.71. The van der Waals surface area contributed by atoms with Crippen molar-refractivity contribution in [2.75, 3.05) is 20.3 Å². The molecule has 4 nitrogen and oxygen atoms in total. The quantitative estimate of drug-likeness (QED) is 0.848. The molecule has 1 aromatic rings. The lowest BCUT2D eigenvalue weighted by molar-refractivity contribution is -0.0948. The summed E-state index contributed by atoms with van der Waals surface area (Å²) in [6, 6.07) is 0. The average Bonchev–Trinajstić information content (AvgIpc) is 2.79. The molecular formula is C10H15NO3S. The van der Waals surface area contributed by atoms with Gasteiger partial charge in [0.1, 0.15) is 10.6 Å². The van der Waals surface area contributed by atoms with Crippen LogP contribution < -0.4 is 0 Å². The predicted molar refractivity (Wildman–Crippen MR) is 56.8 cm³/mol. The molecule has 15 heavy (non-hydrogen) atoms. The fourth-order valence-electron chi connectivity index (χ4n) is 1.80. The van der Waals surface area contributed by atoms with E-state index >= 15 is 0 Å². The Morgan fingerprint density at radius 3 is 2.87 bits per heavy atom. The molecule has 0 aromatic carbocycles. The number of aromatic nitrogens is 1. The standard InChI is InChI=1S/C10H15NO3S/c1-13-10(2-4-14-5-3-10)9-11-6-8(7-12)15-9/h6,12H,2-5,7H2,1H3. The maximum absolute atomic E-state index is 9.01. The Balaban J connectivity index is 2.24. The molecule has 0 atom stereocenters. The van der Waals surface area contributed by atoms with Crippen LogP contribution in [0.3, 0.4) is 0 Å². The number of hydrogen-bond acceptors (Lipinski definition) is 5. The Kier molecular flexibility index (Phi) is 3.35. The highest BCUT2D eigenvalue weighted by molar-refractivity contribution is 7.11. The molecule has 1 aliphatic rings. The predicted octanol–water partition coefficient (Wildman–Crippen LogP) is 1.29. The van der Waals surface area contributed by atoms with Gasteiger partial charge in [-0.25, -0.2) is 4.98 Å². The van der Waals surface area contributed by atoms with Crippen LogP contribution in [0.4, 0.5) is 0 Å². The van der Waals surface area contributed by atoms with Gasteiger partial charge in [0.15, 0.2) is 0 Å².